The minimum absolute atomic E-state index is 0.461. The predicted molar refractivity (Wildman–Crippen MR) is 69.5 cm³/mol. The van der Waals surface area contributed by atoms with Gasteiger partial charge in [0.2, 0.25) is 0 Å². The standard InChI is InChI=1S/C15H24O/c16-15-13-11-9-7-5-3-1-2-4-6-8-10-12-14-15/h3-6H,1-2,7-14H2/b5-3-,6-4?. The van der Waals surface area contributed by atoms with E-state index in [0.717, 1.165) is 64.2 Å². The van der Waals surface area contributed by atoms with E-state index in [4.69, 9.17) is 0 Å². The van der Waals surface area contributed by atoms with Crippen LogP contribution in [0.5, 0.6) is 0 Å². The van der Waals surface area contributed by atoms with Gasteiger partial charge >= 0.3 is 0 Å². The van der Waals surface area contributed by atoms with Gasteiger partial charge in [0.25, 0.3) is 0 Å². The van der Waals surface area contributed by atoms with Gasteiger partial charge in [-0.25, -0.2) is 0 Å². The van der Waals surface area contributed by atoms with E-state index in [0.29, 0.717) is 5.78 Å². The van der Waals surface area contributed by atoms with E-state index in [1.807, 2.05) is 0 Å². The van der Waals surface area contributed by atoms with Crippen molar-refractivity contribution in [2.24, 2.45) is 0 Å². The fraction of sp³-hybridized carbons (Fsp3) is 0.667. The number of allylic oxidation sites excluding steroid dienone is 4. The van der Waals surface area contributed by atoms with E-state index in [-0.39, 0.29) is 0 Å². The summed E-state index contributed by atoms with van der Waals surface area (Å²) in [7, 11) is 0. The van der Waals surface area contributed by atoms with Gasteiger partial charge in [-0.3, -0.25) is 4.79 Å². The third kappa shape index (κ3) is 7.44. The Morgan fingerprint density at radius 2 is 1.06 bits per heavy atom. The second-order valence-electron chi connectivity index (χ2n) is 4.55. The Kier molecular flexibility index (Phi) is 7.75. The quantitative estimate of drug-likeness (QED) is 0.546. The lowest BCUT2D eigenvalue weighted by Gasteiger charge is -1.99. The van der Waals surface area contributed by atoms with E-state index < -0.39 is 0 Å². The first-order chi connectivity index (χ1) is 7.89. The van der Waals surface area contributed by atoms with E-state index >= 15 is 0 Å². The van der Waals surface area contributed by atoms with Gasteiger partial charge in [0.15, 0.2) is 0 Å². The summed E-state index contributed by atoms with van der Waals surface area (Å²) in [4.78, 5) is 11.5. The second kappa shape index (κ2) is 9.38. The third-order valence-corrected chi connectivity index (χ3v) is 2.99. The van der Waals surface area contributed by atoms with Crippen LogP contribution >= 0.6 is 0 Å². The highest BCUT2D eigenvalue weighted by molar-refractivity contribution is 5.78. The zero-order chi connectivity index (χ0) is 11.5. The topological polar surface area (TPSA) is 17.1 Å². The van der Waals surface area contributed by atoms with E-state index in [1.165, 1.54) is 0 Å². The van der Waals surface area contributed by atoms with Gasteiger partial charge in [0.1, 0.15) is 5.78 Å². The molecule has 0 unspecified atom stereocenters. The maximum atomic E-state index is 11.5. The maximum absolute atomic E-state index is 11.5. The Hall–Kier alpha value is -0.850. The van der Waals surface area contributed by atoms with Gasteiger partial charge in [0, 0.05) is 12.8 Å². The molecule has 1 aliphatic carbocycles. The number of rotatable bonds is 0. The molecule has 0 aromatic rings. The molecule has 0 spiro atoms. The summed E-state index contributed by atoms with van der Waals surface area (Å²) in [6.07, 6.45) is 19.7. The summed E-state index contributed by atoms with van der Waals surface area (Å²) in [6.45, 7) is 0. The molecule has 0 bridgehead atoms. The molecule has 0 fully saturated rings. The van der Waals surface area contributed by atoms with E-state index in [1.54, 1.807) is 0 Å². The summed E-state index contributed by atoms with van der Waals surface area (Å²) in [5.74, 6) is 0.461. The van der Waals surface area contributed by atoms with Crippen LogP contribution in [0.4, 0.5) is 0 Å². The number of hydrogen-bond donors (Lipinski definition) is 0. The Morgan fingerprint density at radius 1 is 0.625 bits per heavy atom. The largest absolute Gasteiger partial charge is 0.300 e. The summed E-state index contributed by atoms with van der Waals surface area (Å²) in [5.41, 5.74) is 0. The van der Waals surface area contributed by atoms with Gasteiger partial charge in [0.05, 0.1) is 0 Å². The summed E-state index contributed by atoms with van der Waals surface area (Å²) < 4.78 is 0. The fourth-order valence-electron chi connectivity index (χ4n) is 1.96. The van der Waals surface area contributed by atoms with Crippen LogP contribution in [0.2, 0.25) is 0 Å². The molecule has 1 nitrogen and oxygen atoms in total. The molecule has 1 heteroatoms. The monoisotopic (exact) mass is 220 g/mol. The molecule has 0 amide bonds. The van der Waals surface area contributed by atoms with Crippen LogP contribution in [0.25, 0.3) is 0 Å². The first kappa shape index (κ1) is 13.2. The van der Waals surface area contributed by atoms with Crippen molar-refractivity contribution in [3.63, 3.8) is 0 Å². The smallest absolute Gasteiger partial charge is 0.132 e. The fourth-order valence-corrected chi connectivity index (χ4v) is 1.96. The van der Waals surface area contributed by atoms with Gasteiger partial charge in [-0.1, -0.05) is 24.3 Å². The Morgan fingerprint density at radius 3 is 1.56 bits per heavy atom. The highest BCUT2D eigenvalue weighted by Crippen LogP contribution is 2.09. The van der Waals surface area contributed by atoms with Crippen LogP contribution in [0.15, 0.2) is 24.3 Å². The number of hydrogen-bond acceptors (Lipinski definition) is 1. The number of Topliss-reactive ketones (excluding diaryl/α,β-unsaturated/α-hetero) is 1. The highest BCUT2D eigenvalue weighted by Gasteiger charge is 2.00. The summed E-state index contributed by atoms with van der Waals surface area (Å²) in [6, 6.07) is 0. The van der Waals surface area contributed by atoms with Crippen molar-refractivity contribution >= 4 is 5.78 Å². The van der Waals surface area contributed by atoms with Crippen molar-refractivity contribution in [1.29, 1.82) is 0 Å². The van der Waals surface area contributed by atoms with Crippen LogP contribution in [0.1, 0.15) is 64.2 Å². The molecular formula is C15H24O. The second-order valence-corrected chi connectivity index (χ2v) is 4.55. The first-order valence-electron chi connectivity index (χ1n) is 6.71. The lowest BCUT2D eigenvalue weighted by molar-refractivity contribution is -0.119. The molecule has 0 radical (unpaired) electrons. The van der Waals surface area contributed by atoms with Crippen LogP contribution in [-0.2, 0) is 4.79 Å². The lowest BCUT2D eigenvalue weighted by Crippen LogP contribution is -1.97. The van der Waals surface area contributed by atoms with Gasteiger partial charge in [-0.15, -0.1) is 0 Å². The van der Waals surface area contributed by atoms with Crippen LogP contribution in [0, 0.1) is 0 Å². The molecule has 0 N–H and O–H groups in total. The predicted octanol–water partition coefficient (Wildman–Crippen LogP) is 4.58. The molecular weight excluding hydrogens is 196 g/mol. The van der Waals surface area contributed by atoms with Crippen LogP contribution in [0.3, 0.4) is 0 Å². The van der Waals surface area contributed by atoms with Crippen molar-refractivity contribution in [2.45, 2.75) is 64.2 Å². The van der Waals surface area contributed by atoms with Crippen molar-refractivity contribution in [3.8, 4) is 0 Å². The molecule has 0 aromatic carbocycles. The summed E-state index contributed by atoms with van der Waals surface area (Å²) in [5, 5.41) is 0. The van der Waals surface area contributed by atoms with Crippen molar-refractivity contribution in [3.05, 3.63) is 24.3 Å². The third-order valence-electron chi connectivity index (χ3n) is 2.99. The average Bonchev–Trinajstić information content (AvgIpc) is 2.29. The number of carbonyl (C=O) groups excluding carboxylic acids is 1. The van der Waals surface area contributed by atoms with Gasteiger partial charge < -0.3 is 0 Å². The van der Waals surface area contributed by atoms with Gasteiger partial charge in [-0.2, -0.15) is 0 Å². The Labute approximate surface area is 99.6 Å². The molecule has 90 valence electrons. The Balaban J connectivity index is 2.27. The van der Waals surface area contributed by atoms with Crippen LogP contribution < -0.4 is 0 Å². The zero-order valence-electron chi connectivity index (χ0n) is 10.3. The maximum Gasteiger partial charge on any atom is 0.132 e. The molecule has 16 heavy (non-hydrogen) atoms. The average molecular weight is 220 g/mol. The minimum Gasteiger partial charge on any atom is -0.300 e. The van der Waals surface area contributed by atoms with E-state index in [2.05, 4.69) is 24.3 Å². The Bertz CT molecular complexity index is 214. The molecule has 0 heterocycles. The number of ketones is 1. The highest BCUT2D eigenvalue weighted by atomic mass is 16.1. The molecule has 0 aliphatic heterocycles. The molecule has 1 aliphatic rings. The SMILES string of the molecule is O=C1CCCCC=CCC/C=C\CCCC1. The first-order valence-corrected chi connectivity index (χ1v) is 6.71. The molecule has 1 rings (SSSR count). The normalized spacial score (nSPS) is 23.4. The van der Waals surface area contributed by atoms with Crippen LogP contribution in [-0.4, -0.2) is 5.78 Å². The molecule has 0 saturated carbocycles. The molecule has 0 atom stereocenters. The van der Waals surface area contributed by atoms with Crippen molar-refractivity contribution < 1.29 is 4.79 Å². The molecule has 0 aromatic heterocycles. The van der Waals surface area contributed by atoms with E-state index in [9.17, 15) is 4.79 Å². The minimum atomic E-state index is 0.461. The van der Waals surface area contributed by atoms with Crippen molar-refractivity contribution in [2.75, 3.05) is 0 Å². The number of carbonyl (C=O) groups is 1. The lowest BCUT2D eigenvalue weighted by atomic mass is 10.1. The summed E-state index contributed by atoms with van der Waals surface area (Å²) >= 11 is 0. The molecule has 0 saturated heterocycles. The zero-order valence-corrected chi connectivity index (χ0v) is 10.3. The van der Waals surface area contributed by atoms with Gasteiger partial charge in [-0.05, 0) is 51.4 Å². The van der Waals surface area contributed by atoms with Crippen molar-refractivity contribution in [1.82, 2.24) is 0 Å².